The number of esters is 1. The van der Waals surface area contributed by atoms with Crippen LogP contribution in [-0.2, 0) is 15.6 Å². The average molecular weight is 950 g/mol. The fraction of sp³-hybridized carbons (Fsp3) is 0.422. The molecule has 0 amide bonds. The van der Waals surface area contributed by atoms with Crippen LogP contribution in [0.5, 0.6) is 0 Å². The van der Waals surface area contributed by atoms with Crippen LogP contribution in [0.15, 0.2) is 68.9 Å². The molecule has 2 aromatic heterocycles. The van der Waals surface area contributed by atoms with Crippen molar-refractivity contribution in [3.8, 4) is 0 Å². The van der Waals surface area contributed by atoms with Gasteiger partial charge in [-0.1, -0.05) is 72.2 Å². The Morgan fingerprint density at radius 2 is 1.39 bits per heavy atom. The Labute approximate surface area is 367 Å². The molecule has 330 valence electrons. The van der Waals surface area contributed by atoms with E-state index in [1.54, 1.807) is 11.5 Å². The van der Waals surface area contributed by atoms with Crippen molar-refractivity contribution in [3.63, 3.8) is 0 Å². The third-order valence-corrected chi connectivity index (χ3v) is 16.7. The van der Waals surface area contributed by atoms with Crippen molar-refractivity contribution < 1.29 is 42.1 Å². The van der Waals surface area contributed by atoms with Crippen LogP contribution in [0.2, 0.25) is 23.2 Å². The number of carbonyl (C=O) groups is 2. The quantitative estimate of drug-likeness (QED) is 0.0879. The van der Waals surface area contributed by atoms with Crippen molar-refractivity contribution in [2.45, 2.75) is 92.0 Å². The number of nitrogens with zero attached hydrogens (tertiary/aromatic N) is 2. The molecule has 2 atom stereocenters. The molecule has 61 heavy (non-hydrogen) atoms. The summed E-state index contributed by atoms with van der Waals surface area (Å²) in [5.74, 6) is -3.96. The van der Waals surface area contributed by atoms with E-state index in [1.165, 1.54) is 47.2 Å². The lowest BCUT2D eigenvalue weighted by Gasteiger charge is -2.38. The minimum atomic E-state index is -2.04. The molecule has 0 unspecified atom stereocenters. The second-order valence-electron chi connectivity index (χ2n) is 17.1. The first kappa shape index (κ1) is 49.4. The highest BCUT2D eigenvalue weighted by Crippen LogP contribution is 2.38. The van der Waals surface area contributed by atoms with Crippen molar-refractivity contribution in [2.24, 2.45) is 11.8 Å². The summed E-state index contributed by atoms with van der Waals surface area (Å²) in [4.78, 5) is 49.9. The van der Waals surface area contributed by atoms with Crippen molar-refractivity contribution in [1.29, 1.82) is 0 Å². The minimum Gasteiger partial charge on any atom is -0.477 e. The van der Waals surface area contributed by atoms with Gasteiger partial charge in [0.05, 0.1) is 52.4 Å². The first-order valence-electron chi connectivity index (χ1n) is 19.9. The van der Waals surface area contributed by atoms with Gasteiger partial charge in [0.15, 0.2) is 8.32 Å². The number of aliphatic hydroxyl groups excluding tert-OH is 1. The summed E-state index contributed by atoms with van der Waals surface area (Å²) in [6.45, 7) is 20.5. The smallest absolute Gasteiger partial charge is 0.343 e. The Kier molecular flexibility index (Phi) is 16.1. The largest absolute Gasteiger partial charge is 0.477 e. The first-order chi connectivity index (χ1) is 28.4. The lowest BCUT2D eigenvalue weighted by Crippen LogP contribution is -2.42. The molecule has 0 saturated carbocycles. The van der Waals surface area contributed by atoms with Gasteiger partial charge in [-0.15, -0.1) is 0 Å². The van der Waals surface area contributed by atoms with E-state index < -0.39 is 60.2 Å². The summed E-state index contributed by atoms with van der Waals surface area (Å²) in [5, 5.41) is 19.4. The van der Waals surface area contributed by atoms with Crippen molar-refractivity contribution >= 4 is 69.6 Å². The van der Waals surface area contributed by atoms with E-state index >= 15 is 0 Å². The molecule has 0 saturated heterocycles. The van der Waals surface area contributed by atoms with E-state index in [0.717, 1.165) is 12.3 Å². The highest BCUT2D eigenvalue weighted by molar-refractivity contribution is 9.10. The van der Waals surface area contributed by atoms with Gasteiger partial charge in [0.2, 0.25) is 10.9 Å². The normalized spacial score (nSPS) is 13.1. The molecule has 5 aromatic rings. The number of hydrogen-bond acceptors (Lipinski definition) is 7. The molecule has 0 spiro atoms. The number of aliphatic hydroxyl groups is 1. The van der Waals surface area contributed by atoms with E-state index in [9.17, 15) is 42.6 Å². The van der Waals surface area contributed by atoms with Crippen molar-refractivity contribution in [1.82, 2.24) is 9.13 Å². The van der Waals surface area contributed by atoms with Gasteiger partial charge < -0.3 is 28.5 Å². The number of aromatic nitrogens is 2. The SMILES string of the molecule is CC(C)[C@H](CO)n1cc(C(=O)O)c(=O)c2cc(Cc3cccc(Cl)c3F)c(F)cc21.CCOC(=O)c1cn([C@@H](CO[Si](C)(C)C(C)(C)C)C(C)C)c2cc(F)c(Br)cc2c1=O. The van der Waals surface area contributed by atoms with E-state index in [-0.39, 0.29) is 85.0 Å². The summed E-state index contributed by atoms with van der Waals surface area (Å²) in [6.07, 6.45) is 2.46. The number of pyridine rings is 2. The molecule has 16 heteroatoms. The number of ether oxygens (including phenoxy) is 1. The summed E-state index contributed by atoms with van der Waals surface area (Å²) < 4.78 is 58.6. The standard InChI is InChI=1S/C23H33BrFNO4Si.C22H20ClF2NO4/c1-9-29-22(28)16-12-26(19-11-18(25)17(24)10-15(19)21(16)27)20(14(2)3)13-30-31(7,8)23(4,5)6;1-11(2)19(10-27)26-9-15(22(29)30)21(28)14-7-13(17(24)8-18(14)26)6-12-4-3-5-16(23)20(12)25/h10-12,14,20H,9,13H2,1-8H3;3-5,7-9,11,19,27H,6,10H2,1-2H3,(H,29,30)/t20-;19-/m00/s1. The zero-order valence-corrected chi connectivity index (χ0v) is 39.3. The molecule has 5 rings (SSSR count). The number of rotatable bonds is 13. The maximum absolute atomic E-state index is 14.9. The topological polar surface area (TPSA) is 137 Å². The zero-order valence-electron chi connectivity index (χ0n) is 36.0. The number of carboxylic acids is 1. The zero-order chi connectivity index (χ0) is 45.9. The molecule has 0 aliphatic heterocycles. The summed E-state index contributed by atoms with van der Waals surface area (Å²) in [7, 11) is -2.04. The lowest BCUT2D eigenvalue weighted by molar-refractivity contribution is 0.0522. The highest BCUT2D eigenvalue weighted by Gasteiger charge is 2.38. The molecular formula is C45H53BrClF3N2O8Si. The Bertz CT molecular complexity index is 2570. The van der Waals surface area contributed by atoms with Gasteiger partial charge in [-0.25, -0.2) is 22.8 Å². The van der Waals surface area contributed by atoms with Gasteiger partial charge >= 0.3 is 11.9 Å². The fourth-order valence-corrected chi connectivity index (χ4v) is 8.12. The molecule has 0 bridgehead atoms. The number of carboxylic acid groups (broad SMARTS) is 1. The summed E-state index contributed by atoms with van der Waals surface area (Å²) in [6, 6.07) is 8.70. The predicted molar refractivity (Wildman–Crippen MR) is 239 cm³/mol. The molecule has 2 heterocycles. The molecule has 2 N–H and O–H groups in total. The molecule has 0 radical (unpaired) electrons. The second-order valence-corrected chi connectivity index (χ2v) is 23.2. The number of halogens is 5. The Morgan fingerprint density at radius 1 is 0.852 bits per heavy atom. The van der Waals surface area contributed by atoms with Crippen LogP contribution in [0.3, 0.4) is 0 Å². The highest BCUT2D eigenvalue weighted by atomic mass is 79.9. The maximum atomic E-state index is 14.9. The van der Waals surface area contributed by atoms with Gasteiger partial charge in [0.1, 0.15) is 28.6 Å². The first-order valence-corrected chi connectivity index (χ1v) is 23.9. The van der Waals surface area contributed by atoms with Crippen molar-refractivity contribution in [2.75, 3.05) is 19.8 Å². The number of hydrogen-bond donors (Lipinski definition) is 2. The van der Waals surface area contributed by atoms with Gasteiger partial charge in [0, 0.05) is 29.6 Å². The van der Waals surface area contributed by atoms with Crippen LogP contribution < -0.4 is 10.9 Å². The number of fused-ring (bicyclic) bond motifs is 2. The number of carbonyl (C=O) groups excluding carboxylic acids is 1. The molecular weight excluding hydrogens is 897 g/mol. The van der Waals surface area contributed by atoms with Gasteiger partial charge in [0.25, 0.3) is 0 Å². The van der Waals surface area contributed by atoms with Crippen LogP contribution in [0.4, 0.5) is 13.2 Å². The van der Waals surface area contributed by atoms with E-state index in [2.05, 4.69) is 49.8 Å². The third kappa shape index (κ3) is 10.9. The fourth-order valence-electron chi connectivity index (χ4n) is 6.56. The van der Waals surface area contributed by atoms with Crippen LogP contribution in [0.1, 0.15) is 99.3 Å². The van der Waals surface area contributed by atoms with Crippen LogP contribution in [-0.4, -0.2) is 59.4 Å². The average Bonchev–Trinajstić information content (AvgIpc) is 3.16. The maximum Gasteiger partial charge on any atom is 0.343 e. The number of aromatic carboxylic acids is 1. The predicted octanol–water partition coefficient (Wildman–Crippen LogP) is 10.7. The number of benzene rings is 3. The van der Waals surface area contributed by atoms with Crippen LogP contribution >= 0.6 is 27.5 Å². The minimum absolute atomic E-state index is 0.0205. The van der Waals surface area contributed by atoms with E-state index in [4.69, 9.17) is 20.8 Å². The van der Waals surface area contributed by atoms with Crippen molar-refractivity contribution in [3.05, 3.63) is 125 Å². The monoisotopic (exact) mass is 948 g/mol. The molecule has 0 aliphatic carbocycles. The van der Waals surface area contributed by atoms with Gasteiger partial charge in [-0.2, -0.15) is 0 Å². The van der Waals surface area contributed by atoms with Gasteiger partial charge in [-0.3, -0.25) is 9.59 Å². The van der Waals surface area contributed by atoms with E-state index in [1.807, 2.05) is 27.7 Å². The van der Waals surface area contributed by atoms with Gasteiger partial charge in [-0.05, 0) is 94.3 Å². The van der Waals surface area contributed by atoms with Crippen LogP contribution in [0, 0.1) is 29.3 Å². The second kappa shape index (κ2) is 19.8. The summed E-state index contributed by atoms with van der Waals surface area (Å²) in [5.41, 5.74) is -1.05. The lowest BCUT2D eigenvalue weighted by atomic mass is 9.99. The third-order valence-electron chi connectivity index (χ3n) is 11.3. The van der Waals surface area contributed by atoms with E-state index in [0.29, 0.717) is 12.1 Å². The Morgan fingerprint density at radius 3 is 1.93 bits per heavy atom. The Balaban J connectivity index is 0.000000269. The molecule has 10 nitrogen and oxygen atoms in total. The molecule has 3 aromatic carbocycles. The Hall–Kier alpha value is -4.28. The van der Waals surface area contributed by atoms with Crippen LogP contribution in [0.25, 0.3) is 21.8 Å². The molecule has 0 aliphatic rings. The summed E-state index contributed by atoms with van der Waals surface area (Å²) >= 11 is 8.94. The molecule has 0 fully saturated rings.